The summed E-state index contributed by atoms with van der Waals surface area (Å²) in [5, 5.41) is 9.18. The SMILES string of the molecule is COCCOC(=O)N(C)c1nnc(-c2cccnc2)s1. The van der Waals surface area contributed by atoms with Crippen LogP contribution in [-0.4, -0.2) is 48.6 Å². The summed E-state index contributed by atoms with van der Waals surface area (Å²) in [6.45, 7) is 0.560. The fourth-order valence-corrected chi connectivity index (χ4v) is 2.13. The van der Waals surface area contributed by atoms with Crippen LogP contribution in [0.15, 0.2) is 24.5 Å². The first-order valence-electron chi connectivity index (χ1n) is 5.85. The van der Waals surface area contributed by atoms with E-state index in [9.17, 15) is 4.79 Å². The summed E-state index contributed by atoms with van der Waals surface area (Å²) in [4.78, 5) is 17.1. The maximum atomic E-state index is 11.7. The molecular weight excluding hydrogens is 280 g/mol. The second-order valence-electron chi connectivity index (χ2n) is 3.80. The highest BCUT2D eigenvalue weighted by atomic mass is 32.1. The normalized spacial score (nSPS) is 10.3. The van der Waals surface area contributed by atoms with E-state index < -0.39 is 6.09 Å². The molecule has 2 rings (SSSR count). The van der Waals surface area contributed by atoms with Crippen molar-refractivity contribution in [2.24, 2.45) is 0 Å². The maximum absolute atomic E-state index is 11.7. The topological polar surface area (TPSA) is 77.4 Å². The van der Waals surface area contributed by atoms with E-state index in [-0.39, 0.29) is 6.61 Å². The average Bonchev–Trinajstić information content (AvgIpc) is 2.97. The van der Waals surface area contributed by atoms with E-state index >= 15 is 0 Å². The summed E-state index contributed by atoms with van der Waals surface area (Å²) >= 11 is 1.29. The molecular formula is C12H14N4O3S. The Labute approximate surface area is 120 Å². The molecule has 0 aliphatic heterocycles. The molecule has 2 aromatic rings. The molecule has 0 bridgehead atoms. The number of hydrogen-bond acceptors (Lipinski definition) is 7. The zero-order valence-corrected chi connectivity index (χ0v) is 12.0. The molecule has 2 aromatic heterocycles. The van der Waals surface area contributed by atoms with Crippen LogP contribution in [0.3, 0.4) is 0 Å². The molecule has 0 unspecified atom stereocenters. The number of rotatable bonds is 5. The maximum Gasteiger partial charge on any atom is 0.415 e. The number of carbonyl (C=O) groups excluding carboxylic acids is 1. The molecule has 1 amide bonds. The summed E-state index contributed by atoms with van der Waals surface area (Å²) in [5.41, 5.74) is 0.859. The number of ether oxygens (including phenoxy) is 2. The summed E-state index contributed by atoms with van der Waals surface area (Å²) in [6, 6.07) is 3.70. The van der Waals surface area contributed by atoms with Crippen molar-refractivity contribution in [3.05, 3.63) is 24.5 Å². The van der Waals surface area contributed by atoms with Gasteiger partial charge in [0.2, 0.25) is 5.13 Å². The highest BCUT2D eigenvalue weighted by molar-refractivity contribution is 7.18. The molecule has 0 aliphatic rings. The van der Waals surface area contributed by atoms with E-state index in [0.717, 1.165) is 5.56 Å². The number of amides is 1. The lowest BCUT2D eigenvalue weighted by molar-refractivity contribution is 0.104. The lowest BCUT2D eigenvalue weighted by Gasteiger charge is -2.12. The zero-order chi connectivity index (χ0) is 14.4. The van der Waals surface area contributed by atoms with E-state index in [1.165, 1.54) is 16.2 Å². The van der Waals surface area contributed by atoms with Crippen molar-refractivity contribution in [2.75, 3.05) is 32.3 Å². The molecule has 7 nitrogen and oxygen atoms in total. The van der Waals surface area contributed by atoms with Crippen LogP contribution < -0.4 is 4.90 Å². The van der Waals surface area contributed by atoms with Crippen LogP contribution in [0.2, 0.25) is 0 Å². The van der Waals surface area contributed by atoms with Crippen LogP contribution in [0.1, 0.15) is 0 Å². The molecule has 8 heteroatoms. The van der Waals surface area contributed by atoms with Gasteiger partial charge in [0.1, 0.15) is 6.61 Å². The molecule has 0 fully saturated rings. The molecule has 0 N–H and O–H groups in total. The van der Waals surface area contributed by atoms with Crippen molar-refractivity contribution in [3.8, 4) is 10.6 Å². The summed E-state index contributed by atoms with van der Waals surface area (Å²) < 4.78 is 9.81. The molecule has 0 saturated heterocycles. The van der Waals surface area contributed by atoms with Gasteiger partial charge in [-0.05, 0) is 12.1 Å². The van der Waals surface area contributed by atoms with Crippen LogP contribution >= 0.6 is 11.3 Å². The third-order valence-electron chi connectivity index (χ3n) is 2.40. The van der Waals surface area contributed by atoms with E-state index in [1.807, 2.05) is 12.1 Å². The standard InChI is InChI=1S/C12H14N4O3S/c1-16(12(17)19-7-6-18-2)11-15-14-10(20-11)9-4-3-5-13-8-9/h3-5,8H,6-7H2,1-2H3. The molecule has 0 spiro atoms. The molecule has 0 saturated carbocycles. The first-order chi connectivity index (χ1) is 9.72. The Bertz CT molecular complexity index is 561. The minimum absolute atomic E-state index is 0.202. The monoisotopic (exact) mass is 294 g/mol. The van der Waals surface area contributed by atoms with Gasteiger partial charge in [0.05, 0.1) is 6.61 Å². The summed E-state index contributed by atoms with van der Waals surface area (Å²) in [6.07, 6.45) is 2.89. The summed E-state index contributed by atoms with van der Waals surface area (Å²) in [5.74, 6) is 0. The highest BCUT2D eigenvalue weighted by Crippen LogP contribution is 2.27. The van der Waals surface area contributed by atoms with Crippen LogP contribution in [0.25, 0.3) is 10.6 Å². The van der Waals surface area contributed by atoms with Crippen molar-refractivity contribution in [1.29, 1.82) is 0 Å². The van der Waals surface area contributed by atoms with Gasteiger partial charge >= 0.3 is 6.09 Å². The molecule has 106 valence electrons. The minimum Gasteiger partial charge on any atom is -0.447 e. The van der Waals surface area contributed by atoms with Crippen molar-refractivity contribution in [1.82, 2.24) is 15.2 Å². The Kier molecular flexibility index (Phi) is 4.97. The molecule has 20 heavy (non-hydrogen) atoms. The van der Waals surface area contributed by atoms with Crippen molar-refractivity contribution >= 4 is 22.6 Å². The molecule has 2 heterocycles. The van der Waals surface area contributed by atoms with Crippen LogP contribution in [-0.2, 0) is 9.47 Å². The van der Waals surface area contributed by atoms with Crippen molar-refractivity contribution in [3.63, 3.8) is 0 Å². The van der Waals surface area contributed by atoms with E-state index in [2.05, 4.69) is 15.2 Å². The van der Waals surface area contributed by atoms with Gasteiger partial charge in [-0.3, -0.25) is 9.88 Å². The Hall–Kier alpha value is -2.06. The van der Waals surface area contributed by atoms with Crippen LogP contribution in [0, 0.1) is 0 Å². The number of methoxy groups -OCH3 is 1. The van der Waals surface area contributed by atoms with Gasteiger partial charge in [-0.15, -0.1) is 10.2 Å². The molecule has 0 aromatic carbocycles. The predicted molar refractivity (Wildman–Crippen MR) is 74.8 cm³/mol. The summed E-state index contributed by atoms with van der Waals surface area (Å²) in [7, 11) is 3.13. The molecule has 0 aliphatic carbocycles. The number of anilines is 1. The molecule has 0 atom stereocenters. The van der Waals surface area contributed by atoms with Crippen LogP contribution in [0.4, 0.5) is 9.93 Å². The van der Waals surface area contributed by atoms with Gasteiger partial charge in [-0.1, -0.05) is 11.3 Å². The van der Waals surface area contributed by atoms with Gasteiger partial charge < -0.3 is 9.47 Å². The smallest absolute Gasteiger partial charge is 0.415 e. The number of carbonyl (C=O) groups is 1. The van der Waals surface area contributed by atoms with Crippen molar-refractivity contribution in [2.45, 2.75) is 0 Å². The van der Waals surface area contributed by atoms with Gasteiger partial charge in [0, 0.05) is 32.1 Å². The number of hydrogen-bond donors (Lipinski definition) is 0. The lowest BCUT2D eigenvalue weighted by atomic mass is 10.3. The Morgan fingerprint density at radius 3 is 2.95 bits per heavy atom. The third-order valence-corrected chi connectivity index (χ3v) is 3.45. The van der Waals surface area contributed by atoms with Crippen LogP contribution in [0.5, 0.6) is 0 Å². The van der Waals surface area contributed by atoms with Gasteiger partial charge in [-0.2, -0.15) is 0 Å². The van der Waals surface area contributed by atoms with Gasteiger partial charge in [0.15, 0.2) is 5.01 Å². The Balaban J connectivity index is 2.03. The van der Waals surface area contributed by atoms with E-state index in [0.29, 0.717) is 16.7 Å². The largest absolute Gasteiger partial charge is 0.447 e. The number of nitrogens with zero attached hydrogens (tertiary/aromatic N) is 4. The van der Waals surface area contributed by atoms with E-state index in [1.54, 1.807) is 26.6 Å². The number of aromatic nitrogens is 3. The molecule has 0 radical (unpaired) electrons. The highest BCUT2D eigenvalue weighted by Gasteiger charge is 2.17. The first-order valence-corrected chi connectivity index (χ1v) is 6.67. The second-order valence-corrected chi connectivity index (χ2v) is 4.75. The minimum atomic E-state index is -0.490. The van der Waals surface area contributed by atoms with Crippen molar-refractivity contribution < 1.29 is 14.3 Å². The van der Waals surface area contributed by atoms with Gasteiger partial charge in [0.25, 0.3) is 0 Å². The second kappa shape index (κ2) is 6.92. The Morgan fingerprint density at radius 1 is 1.40 bits per heavy atom. The zero-order valence-electron chi connectivity index (χ0n) is 11.1. The number of pyridine rings is 1. The lowest BCUT2D eigenvalue weighted by Crippen LogP contribution is -2.28. The van der Waals surface area contributed by atoms with E-state index in [4.69, 9.17) is 9.47 Å². The average molecular weight is 294 g/mol. The fourth-order valence-electron chi connectivity index (χ4n) is 1.34. The van der Waals surface area contributed by atoms with Gasteiger partial charge in [-0.25, -0.2) is 4.79 Å². The quantitative estimate of drug-likeness (QED) is 0.783. The third kappa shape index (κ3) is 3.49. The Morgan fingerprint density at radius 2 is 2.25 bits per heavy atom. The fraction of sp³-hybridized carbons (Fsp3) is 0.333. The predicted octanol–water partition coefficient (Wildman–Crippen LogP) is 1.82. The first kappa shape index (κ1) is 14.4.